The van der Waals surface area contributed by atoms with E-state index in [9.17, 15) is 18.8 Å². The van der Waals surface area contributed by atoms with Gasteiger partial charge in [0.15, 0.2) is 5.52 Å². The highest BCUT2D eigenvalue weighted by Gasteiger charge is 2.21. The molecule has 34 heavy (non-hydrogen) atoms. The van der Waals surface area contributed by atoms with Gasteiger partial charge < -0.3 is 5.32 Å². The summed E-state index contributed by atoms with van der Waals surface area (Å²) in [5.41, 5.74) is 2.08. The van der Waals surface area contributed by atoms with Gasteiger partial charge in [0.25, 0.3) is 5.56 Å². The molecular weight excluding hydrogens is 437 g/mol. The van der Waals surface area contributed by atoms with Gasteiger partial charge in [0.2, 0.25) is 5.91 Å². The lowest BCUT2D eigenvalue weighted by atomic mass is 10.1. The highest BCUT2D eigenvalue weighted by atomic mass is 19.1. The number of rotatable bonds is 7. The standard InChI is InChI=1S/C25H26FN5O3/c1-4-31-23-22(17(3)28-31)30(15-21(32)27-20-14-19(26)11-10-16(20)2)25(34)29(24(23)33)13-12-18-8-6-5-7-9-18/h5-11,14H,4,12-13,15H2,1-3H3,(H,27,32). The molecule has 4 rings (SSSR count). The fourth-order valence-corrected chi connectivity index (χ4v) is 4.08. The van der Waals surface area contributed by atoms with E-state index < -0.39 is 23.0 Å². The number of nitrogens with zero attached hydrogens (tertiary/aromatic N) is 4. The van der Waals surface area contributed by atoms with Gasteiger partial charge in [-0.05, 0) is 50.5 Å². The van der Waals surface area contributed by atoms with Gasteiger partial charge in [-0.25, -0.2) is 9.18 Å². The van der Waals surface area contributed by atoms with Crippen LogP contribution < -0.4 is 16.6 Å². The summed E-state index contributed by atoms with van der Waals surface area (Å²) in [6.45, 7) is 5.56. The number of anilines is 1. The quantitative estimate of drug-likeness (QED) is 0.456. The molecule has 0 radical (unpaired) electrons. The van der Waals surface area contributed by atoms with Crippen molar-refractivity contribution in [1.82, 2.24) is 18.9 Å². The van der Waals surface area contributed by atoms with Gasteiger partial charge in [-0.1, -0.05) is 36.4 Å². The van der Waals surface area contributed by atoms with E-state index in [2.05, 4.69) is 10.4 Å². The maximum atomic E-state index is 13.7. The molecule has 8 nitrogen and oxygen atoms in total. The molecule has 4 aromatic rings. The molecule has 0 aliphatic heterocycles. The fraction of sp³-hybridized carbons (Fsp3) is 0.280. The largest absolute Gasteiger partial charge is 0.332 e. The normalized spacial score (nSPS) is 11.2. The number of benzene rings is 2. The summed E-state index contributed by atoms with van der Waals surface area (Å²) in [6.07, 6.45) is 0.482. The minimum Gasteiger partial charge on any atom is -0.324 e. The first-order valence-electron chi connectivity index (χ1n) is 11.1. The van der Waals surface area contributed by atoms with E-state index in [1.807, 2.05) is 37.3 Å². The molecular formula is C25H26FN5O3. The van der Waals surface area contributed by atoms with Crippen molar-refractivity contribution < 1.29 is 9.18 Å². The molecule has 2 heterocycles. The Morgan fingerprint density at radius 2 is 1.76 bits per heavy atom. The number of amides is 1. The number of carbonyl (C=O) groups is 1. The van der Waals surface area contributed by atoms with Crippen LogP contribution in [0.1, 0.15) is 23.7 Å². The second-order valence-corrected chi connectivity index (χ2v) is 8.17. The molecule has 0 bridgehead atoms. The number of fused-ring (bicyclic) bond motifs is 1. The van der Waals surface area contributed by atoms with Gasteiger partial charge in [-0.3, -0.25) is 23.4 Å². The predicted octanol–water partition coefficient (Wildman–Crippen LogP) is 3.02. The molecule has 0 saturated carbocycles. The Morgan fingerprint density at radius 3 is 2.47 bits per heavy atom. The lowest BCUT2D eigenvalue weighted by Crippen LogP contribution is -2.42. The van der Waals surface area contributed by atoms with Crippen LogP contribution >= 0.6 is 0 Å². The number of hydrogen-bond donors (Lipinski definition) is 1. The van der Waals surface area contributed by atoms with E-state index in [0.717, 1.165) is 10.1 Å². The average molecular weight is 464 g/mol. The molecule has 0 spiro atoms. The van der Waals surface area contributed by atoms with Crippen molar-refractivity contribution in [2.75, 3.05) is 5.32 Å². The minimum atomic E-state index is -0.585. The van der Waals surface area contributed by atoms with Crippen molar-refractivity contribution in [2.45, 2.75) is 46.8 Å². The van der Waals surface area contributed by atoms with E-state index in [1.165, 1.54) is 16.7 Å². The molecule has 2 aromatic heterocycles. The van der Waals surface area contributed by atoms with Crippen molar-refractivity contribution in [3.8, 4) is 0 Å². The average Bonchev–Trinajstić information content (AvgIpc) is 3.16. The fourth-order valence-electron chi connectivity index (χ4n) is 4.08. The third-order valence-corrected chi connectivity index (χ3v) is 5.82. The summed E-state index contributed by atoms with van der Waals surface area (Å²) in [7, 11) is 0. The van der Waals surface area contributed by atoms with Crippen molar-refractivity contribution in [1.29, 1.82) is 0 Å². The van der Waals surface area contributed by atoms with Gasteiger partial charge in [-0.15, -0.1) is 0 Å². The second-order valence-electron chi connectivity index (χ2n) is 8.17. The first-order chi connectivity index (χ1) is 16.3. The third-order valence-electron chi connectivity index (χ3n) is 5.82. The van der Waals surface area contributed by atoms with E-state index in [4.69, 9.17) is 0 Å². The lowest BCUT2D eigenvalue weighted by molar-refractivity contribution is -0.116. The highest BCUT2D eigenvalue weighted by Crippen LogP contribution is 2.17. The number of hydrogen-bond acceptors (Lipinski definition) is 4. The van der Waals surface area contributed by atoms with Crippen LogP contribution in [-0.4, -0.2) is 24.8 Å². The van der Waals surface area contributed by atoms with Gasteiger partial charge in [0.1, 0.15) is 17.9 Å². The van der Waals surface area contributed by atoms with Crippen LogP contribution in [0.25, 0.3) is 11.0 Å². The molecule has 0 saturated heterocycles. The minimum absolute atomic E-state index is 0.163. The Bertz CT molecular complexity index is 1480. The molecule has 0 atom stereocenters. The smallest absolute Gasteiger partial charge is 0.324 e. The monoisotopic (exact) mass is 463 g/mol. The zero-order chi connectivity index (χ0) is 24.4. The molecule has 1 amide bonds. The summed E-state index contributed by atoms with van der Waals surface area (Å²) >= 11 is 0. The molecule has 0 unspecified atom stereocenters. The molecule has 0 aliphatic rings. The van der Waals surface area contributed by atoms with Crippen LogP contribution in [-0.2, 0) is 30.8 Å². The Morgan fingerprint density at radius 1 is 1.03 bits per heavy atom. The van der Waals surface area contributed by atoms with Crippen LogP contribution in [0.15, 0.2) is 58.1 Å². The number of halogens is 1. The molecule has 176 valence electrons. The first kappa shape index (κ1) is 23.2. The molecule has 9 heteroatoms. The maximum Gasteiger partial charge on any atom is 0.332 e. The van der Waals surface area contributed by atoms with E-state index in [0.29, 0.717) is 35.4 Å². The lowest BCUT2D eigenvalue weighted by Gasteiger charge is -2.14. The molecule has 2 aromatic carbocycles. The van der Waals surface area contributed by atoms with Crippen LogP contribution in [0.4, 0.5) is 10.1 Å². The summed E-state index contributed by atoms with van der Waals surface area (Å²) < 4.78 is 17.6. The van der Waals surface area contributed by atoms with Crippen LogP contribution in [0.3, 0.4) is 0 Å². The van der Waals surface area contributed by atoms with Crippen molar-refractivity contribution in [3.05, 3.63) is 92.0 Å². The Balaban J connectivity index is 1.77. The summed E-state index contributed by atoms with van der Waals surface area (Å²) in [6, 6.07) is 13.7. The number of aryl methyl sites for hydroxylation is 4. The van der Waals surface area contributed by atoms with E-state index >= 15 is 0 Å². The third kappa shape index (κ3) is 4.41. The summed E-state index contributed by atoms with van der Waals surface area (Å²) in [5.74, 6) is -0.982. The van der Waals surface area contributed by atoms with Gasteiger partial charge in [0.05, 0.1) is 5.69 Å². The van der Waals surface area contributed by atoms with Crippen molar-refractivity contribution in [3.63, 3.8) is 0 Å². The van der Waals surface area contributed by atoms with Crippen LogP contribution in [0.2, 0.25) is 0 Å². The maximum absolute atomic E-state index is 13.7. The Kier molecular flexibility index (Phi) is 6.45. The molecule has 0 aliphatic carbocycles. The number of carbonyl (C=O) groups excluding carboxylic acids is 1. The predicted molar refractivity (Wildman–Crippen MR) is 129 cm³/mol. The van der Waals surface area contributed by atoms with Crippen molar-refractivity contribution in [2.24, 2.45) is 0 Å². The molecule has 0 fully saturated rings. The van der Waals surface area contributed by atoms with E-state index in [1.54, 1.807) is 24.6 Å². The van der Waals surface area contributed by atoms with Crippen LogP contribution in [0.5, 0.6) is 0 Å². The van der Waals surface area contributed by atoms with Crippen molar-refractivity contribution >= 4 is 22.6 Å². The van der Waals surface area contributed by atoms with Gasteiger partial charge >= 0.3 is 5.69 Å². The zero-order valence-corrected chi connectivity index (χ0v) is 19.3. The number of aromatic nitrogens is 4. The van der Waals surface area contributed by atoms with E-state index in [-0.39, 0.29) is 18.6 Å². The molecule has 1 N–H and O–H groups in total. The first-order valence-corrected chi connectivity index (χ1v) is 11.1. The topological polar surface area (TPSA) is 90.9 Å². The number of nitrogens with one attached hydrogen (secondary N) is 1. The Hall–Kier alpha value is -4.01. The SMILES string of the molecule is CCn1nc(C)c2c1c(=O)n(CCc1ccccc1)c(=O)n2CC(=O)Nc1cc(F)ccc1C. The Labute approximate surface area is 195 Å². The summed E-state index contributed by atoms with van der Waals surface area (Å²) in [4.78, 5) is 39.7. The van der Waals surface area contributed by atoms with Crippen LogP contribution in [0, 0.1) is 19.7 Å². The highest BCUT2D eigenvalue weighted by molar-refractivity contribution is 5.92. The summed E-state index contributed by atoms with van der Waals surface area (Å²) in [5, 5.41) is 7.08. The zero-order valence-electron chi connectivity index (χ0n) is 19.3. The van der Waals surface area contributed by atoms with Gasteiger partial charge in [-0.2, -0.15) is 5.10 Å². The van der Waals surface area contributed by atoms with Gasteiger partial charge in [0, 0.05) is 18.8 Å². The second kappa shape index (κ2) is 9.46.